The van der Waals surface area contributed by atoms with Gasteiger partial charge in [-0.25, -0.2) is 23.7 Å². The third kappa shape index (κ3) is 2.98. The molecule has 2 aromatic heterocycles. The quantitative estimate of drug-likeness (QED) is 0.864. The Bertz CT molecular complexity index is 680. The highest BCUT2D eigenvalue weighted by Gasteiger charge is 2.29. The van der Waals surface area contributed by atoms with Crippen molar-refractivity contribution in [3.63, 3.8) is 0 Å². The maximum atomic E-state index is 12.5. The van der Waals surface area contributed by atoms with E-state index < -0.39 is 18.6 Å². The lowest BCUT2D eigenvalue weighted by Gasteiger charge is -2.37. The number of hydrogen-bond donors (Lipinski definition) is 2. The standard InChI is InChI=1S/C14H19F2N5O2/c1-8-9(22)3-2-4-21(8)14-11-13(17-6-18-14)20(7-19-11)5-10(23)12(15)16/h6-10,12,22-23H,2-5H2,1H3/t8-,9-,10?/m1/s1. The van der Waals surface area contributed by atoms with Gasteiger partial charge >= 0.3 is 0 Å². The molecule has 0 amide bonds. The number of imidazole rings is 1. The van der Waals surface area contributed by atoms with Gasteiger partial charge < -0.3 is 19.7 Å². The van der Waals surface area contributed by atoms with Crippen molar-refractivity contribution in [1.82, 2.24) is 19.5 Å². The Hall–Kier alpha value is -1.87. The van der Waals surface area contributed by atoms with Crippen LogP contribution in [0.3, 0.4) is 0 Å². The zero-order valence-electron chi connectivity index (χ0n) is 12.7. The molecule has 2 N–H and O–H groups in total. The summed E-state index contributed by atoms with van der Waals surface area (Å²) in [5.41, 5.74) is 0.872. The number of aliphatic hydroxyl groups excluding tert-OH is 2. The van der Waals surface area contributed by atoms with Crippen LogP contribution in [0.4, 0.5) is 14.6 Å². The van der Waals surface area contributed by atoms with Gasteiger partial charge in [-0.15, -0.1) is 0 Å². The minimum atomic E-state index is -2.83. The van der Waals surface area contributed by atoms with Crippen LogP contribution in [0.2, 0.25) is 0 Å². The molecule has 9 heteroatoms. The fourth-order valence-corrected chi connectivity index (χ4v) is 2.92. The number of halogens is 2. The fraction of sp³-hybridized carbons (Fsp3) is 0.643. The zero-order chi connectivity index (χ0) is 16.6. The van der Waals surface area contributed by atoms with Crippen molar-refractivity contribution in [2.75, 3.05) is 11.4 Å². The van der Waals surface area contributed by atoms with Crippen LogP contribution in [-0.4, -0.2) is 61.0 Å². The Balaban J connectivity index is 1.95. The molecule has 1 saturated heterocycles. The molecule has 0 aliphatic carbocycles. The molecule has 0 aromatic carbocycles. The van der Waals surface area contributed by atoms with E-state index in [1.165, 1.54) is 17.2 Å². The molecule has 3 atom stereocenters. The molecule has 0 bridgehead atoms. The zero-order valence-corrected chi connectivity index (χ0v) is 12.7. The average Bonchev–Trinajstić information content (AvgIpc) is 2.93. The minimum Gasteiger partial charge on any atom is -0.391 e. The molecule has 0 saturated carbocycles. The van der Waals surface area contributed by atoms with Gasteiger partial charge in [-0.3, -0.25) is 0 Å². The molecule has 0 spiro atoms. The number of rotatable bonds is 4. The molecule has 3 rings (SSSR count). The van der Waals surface area contributed by atoms with Gasteiger partial charge in [0.05, 0.1) is 25.0 Å². The van der Waals surface area contributed by atoms with E-state index in [0.717, 1.165) is 19.4 Å². The summed E-state index contributed by atoms with van der Waals surface area (Å²) in [6.07, 6.45) is -0.760. The second-order valence-electron chi connectivity index (χ2n) is 5.81. The van der Waals surface area contributed by atoms with E-state index in [2.05, 4.69) is 15.0 Å². The predicted octanol–water partition coefficient (Wildman–Crippen LogP) is 0.802. The van der Waals surface area contributed by atoms with Crippen LogP contribution in [0.1, 0.15) is 19.8 Å². The van der Waals surface area contributed by atoms with Gasteiger partial charge in [-0.05, 0) is 19.8 Å². The number of alkyl halides is 2. The molecule has 1 unspecified atom stereocenters. The van der Waals surface area contributed by atoms with E-state index in [9.17, 15) is 19.0 Å². The lowest BCUT2D eigenvalue weighted by molar-refractivity contribution is -0.0130. The van der Waals surface area contributed by atoms with Crippen molar-refractivity contribution in [3.05, 3.63) is 12.7 Å². The second-order valence-corrected chi connectivity index (χ2v) is 5.81. The van der Waals surface area contributed by atoms with Crippen LogP contribution in [0, 0.1) is 0 Å². The molecule has 126 valence electrons. The molecule has 23 heavy (non-hydrogen) atoms. The van der Waals surface area contributed by atoms with E-state index in [1.807, 2.05) is 11.8 Å². The largest absolute Gasteiger partial charge is 0.391 e. The Kier molecular flexibility index (Phi) is 4.40. The summed E-state index contributed by atoms with van der Waals surface area (Å²) in [6.45, 7) is 2.36. The van der Waals surface area contributed by atoms with Crippen molar-refractivity contribution in [2.45, 2.75) is 51.0 Å². The molecule has 1 aliphatic heterocycles. The van der Waals surface area contributed by atoms with Crippen molar-refractivity contribution in [3.8, 4) is 0 Å². The number of piperidine rings is 1. The van der Waals surface area contributed by atoms with Crippen molar-refractivity contribution < 1.29 is 19.0 Å². The summed E-state index contributed by atoms with van der Waals surface area (Å²) in [4.78, 5) is 14.5. The van der Waals surface area contributed by atoms with Gasteiger partial charge in [0, 0.05) is 6.54 Å². The number of aromatic nitrogens is 4. The highest BCUT2D eigenvalue weighted by Crippen LogP contribution is 2.28. The van der Waals surface area contributed by atoms with Crippen molar-refractivity contribution >= 4 is 17.0 Å². The van der Waals surface area contributed by atoms with E-state index in [0.29, 0.717) is 17.0 Å². The third-order valence-electron chi connectivity index (χ3n) is 4.28. The van der Waals surface area contributed by atoms with Crippen LogP contribution < -0.4 is 4.90 Å². The molecule has 2 aromatic rings. The number of fused-ring (bicyclic) bond motifs is 1. The molecular formula is C14H19F2N5O2. The Morgan fingerprint density at radius 1 is 1.35 bits per heavy atom. The van der Waals surface area contributed by atoms with Crippen LogP contribution in [0.5, 0.6) is 0 Å². The average molecular weight is 327 g/mol. The lowest BCUT2D eigenvalue weighted by atomic mass is 10.0. The smallest absolute Gasteiger partial charge is 0.265 e. The van der Waals surface area contributed by atoms with Gasteiger partial charge in [0.15, 0.2) is 17.0 Å². The molecule has 1 aliphatic rings. The molecule has 3 heterocycles. The van der Waals surface area contributed by atoms with Crippen LogP contribution in [-0.2, 0) is 6.54 Å². The van der Waals surface area contributed by atoms with Gasteiger partial charge in [-0.2, -0.15) is 0 Å². The summed E-state index contributed by atoms with van der Waals surface area (Å²) < 4.78 is 26.5. The molecular weight excluding hydrogens is 308 g/mol. The predicted molar refractivity (Wildman–Crippen MR) is 79.4 cm³/mol. The highest BCUT2D eigenvalue weighted by molar-refractivity contribution is 5.83. The Morgan fingerprint density at radius 3 is 2.87 bits per heavy atom. The summed E-state index contributed by atoms with van der Waals surface area (Å²) in [6, 6.07) is -0.112. The number of hydrogen-bond acceptors (Lipinski definition) is 6. The molecule has 0 radical (unpaired) electrons. The van der Waals surface area contributed by atoms with E-state index >= 15 is 0 Å². The second kappa shape index (κ2) is 6.32. The molecule has 1 fully saturated rings. The monoisotopic (exact) mass is 327 g/mol. The van der Waals surface area contributed by atoms with E-state index in [-0.39, 0.29) is 12.6 Å². The number of nitrogens with zero attached hydrogens (tertiary/aromatic N) is 5. The van der Waals surface area contributed by atoms with Gasteiger partial charge in [0.2, 0.25) is 0 Å². The summed E-state index contributed by atoms with van der Waals surface area (Å²) in [5, 5.41) is 19.4. The molecule has 7 nitrogen and oxygen atoms in total. The summed E-state index contributed by atoms with van der Waals surface area (Å²) in [7, 11) is 0. The first-order chi connectivity index (χ1) is 11.0. The fourth-order valence-electron chi connectivity index (χ4n) is 2.92. The van der Waals surface area contributed by atoms with Gasteiger partial charge in [0.25, 0.3) is 6.43 Å². The maximum absolute atomic E-state index is 12.5. The highest BCUT2D eigenvalue weighted by atomic mass is 19.3. The SMILES string of the molecule is C[C@@H]1[C@H](O)CCCN1c1ncnc2c1ncn2CC(O)C(F)F. The van der Waals surface area contributed by atoms with Crippen LogP contribution in [0.25, 0.3) is 11.2 Å². The van der Waals surface area contributed by atoms with Gasteiger partial charge in [0.1, 0.15) is 12.4 Å². The first kappa shape index (κ1) is 16.0. The maximum Gasteiger partial charge on any atom is 0.265 e. The number of anilines is 1. The van der Waals surface area contributed by atoms with E-state index in [4.69, 9.17) is 0 Å². The van der Waals surface area contributed by atoms with Crippen LogP contribution >= 0.6 is 0 Å². The first-order valence-corrected chi connectivity index (χ1v) is 7.55. The van der Waals surface area contributed by atoms with Crippen LogP contribution in [0.15, 0.2) is 12.7 Å². The Labute approximate surface area is 131 Å². The van der Waals surface area contributed by atoms with Gasteiger partial charge in [-0.1, -0.05) is 0 Å². The van der Waals surface area contributed by atoms with E-state index in [1.54, 1.807) is 0 Å². The summed E-state index contributed by atoms with van der Waals surface area (Å²) in [5.74, 6) is 0.575. The first-order valence-electron chi connectivity index (χ1n) is 7.55. The van der Waals surface area contributed by atoms with Crippen molar-refractivity contribution in [1.29, 1.82) is 0 Å². The third-order valence-corrected chi connectivity index (χ3v) is 4.28. The lowest BCUT2D eigenvalue weighted by Crippen LogP contribution is -2.47. The normalized spacial score (nSPS) is 23.7. The minimum absolute atomic E-state index is 0.112. The summed E-state index contributed by atoms with van der Waals surface area (Å²) >= 11 is 0. The van der Waals surface area contributed by atoms with Crippen molar-refractivity contribution in [2.24, 2.45) is 0 Å². The topological polar surface area (TPSA) is 87.3 Å². The Morgan fingerprint density at radius 2 is 2.13 bits per heavy atom. The number of aliphatic hydroxyl groups is 2.